The van der Waals surface area contributed by atoms with E-state index < -0.39 is 20.8 Å². The minimum absolute atomic E-state index is 0.247. The highest BCUT2D eigenvalue weighted by Crippen LogP contribution is 2.53. The number of aliphatic hydroxyl groups excluding tert-OH is 1. The van der Waals surface area contributed by atoms with Gasteiger partial charge >= 0.3 is 0 Å². The lowest BCUT2D eigenvalue weighted by Gasteiger charge is -2.44. The second-order valence-electron chi connectivity index (χ2n) is 5.84. The fraction of sp³-hybridized carbons (Fsp3) is 0.933. The van der Waals surface area contributed by atoms with E-state index in [1.54, 1.807) is 0 Å². The highest BCUT2D eigenvalue weighted by molar-refractivity contribution is 7.51. The van der Waals surface area contributed by atoms with Crippen LogP contribution in [0.5, 0.6) is 0 Å². The predicted molar refractivity (Wildman–Crippen MR) is 86.3 cm³/mol. The molecule has 0 aromatic heterocycles. The fourth-order valence-corrected chi connectivity index (χ4v) is 5.14. The van der Waals surface area contributed by atoms with Gasteiger partial charge in [0, 0.05) is 25.7 Å². The van der Waals surface area contributed by atoms with Crippen LogP contribution in [-0.4, -0.2) is 59.5 Å². The molecule has 5 nitrogen and oxygen atoms in total. The SMILES string of the molecule is [2H]C1CO[C@@H](C)C(O)C1P(OCC[N+]#[C-])N(C(C)C)C(C)C. The summed E-state index contributed by atoms with van der Waals surface area (Å²) < 4.78 is 22.0. The summed E-state index contributed by atoms with van der Waals surface area (Å²) in [5.74, 6) is 0. The lowest BCUT2D eigenvalue weighted by Crippen LogP contribution is -2.46. The lowest BCUT2D eigenvalue weighted by molar-refractivity contribution is -0.0630. The van der Waals surface area contributed by atoms with Crippen molar-refractivity contribution in [3.8, 4) is 0 Å². The monoisotopic (exact) mass is 317 g/mol. The third-order valence-electron chi connectivity index (χ3n) is 3.50. The smallest absolute Gasteiger partial charge is 0.238 e. The molecule has 5 atom stereocenters. The minimum Gasteiger partial charge on any atom is -0.390 e. The first-order chi connectivity index (χ1) is 10.3. The van der Waals surface area contributed by atoms with Gasteiger partial charge in [-0.1, -0.05) is 0 Å². The molecule has 1 saturated heterocycles. The number of ether oxygens (including phenoxy) is 1. The van der Waals surface area contributed by atoms with Gasteiger partial charge in [0.25, 0.3) is 0 Å². The highest BCUT2D eigenvalue weighted by Gasteiger charge is 2.41. The molecule has 1 aliphatic rings. The van der Waals surface area contributed by atoms with Crippen molar-refractivity contribution in [3.05, 3.63) is 11.4 Å². The topological polar surface area (TPSA) is 46.3 Å². The van der Waals surface area contributed by atoms with Crippen molar-refractivity contribution in [2.45, 2.75) is 71.0 Å². The molecule has 0 aliphatic carbocycles. The Bertz CT molecular complexity index is 370. The molecule has 1 fully saturated rings. The van der Waals surface area contributed by atoms with Gasteiger partial charge in [0.05, 0.1) is 12.2 Å². The molecule has 1 aliphatic heterocycles. The zero-order valence-corrected chi connectivity index (χ0v) is 14.6. The van der Waals surface area contributed by atoms with E-state index in [4.69, 9.17) is 17.2 Å². The average Bonchev–Trinajstić information content (AvgIpc) is 2.42. The molecule has 4 unspecified atom stereocenters. The van der Waals surface area contributed by atoms with Crippen molar-refractivity contribution in [1.29, 1.82) is 0 Å². The maximum absolute atomic E-state index is 10.6. The summed E-state index contributed by atoms with van der Waals surface area (Å²) in [7, 11) is -1.17. The van der Waals surface area contributed by atoms with Gasteiger partial charge in [0.15, 0.2) is 0 Å². The van der Waals surface area contributed by atoms with Crippen LogP contribution in [0, 0.1) is 6.57 Å². The van der Waals surface area contributed by atoms with Crippen LogP contribution in [0.3, 0.4) is 0 Å². The molecule has 0 bridgehead atoms. The molecule has 0 spiro atoms. The Morgan fingerprint density at radius 2 is 2.10 bits per heavy atom. The van der Waals surface area contributed by atoms with E-state index in [0.29, 0.717) is 19.8 Å². The maximum Gasteiger partial charge on any atom is 0.238 e. The van der Waals surface area contributed by atoms with Crippen LogP contribution in [0.4, 0.5) is 0 Å². The number of aliphatic hydroxyl groups is 1. The molecule has 0 amide bonds. The first kappa shape index (κ1) is 17.1. The van der Waals surface area contributed by atoms with E-state index in [9.17, 15) is 5.11 Å². The number of rotatable bonds is 7. The molecule has 21 heavy (non-hydrogen) atoms. The summed E-state index contributed by atoms with van der Waals surface area (Å²) in [6.45, 7) is 18.1. The molecule has 1 rings (SSSR count). The zero-order valence-electron chi connectivity index (χ0n) is 14.7. The molecule has 6 heteroatoms. The normalized spacial score (nSPS) is 32.3. The molecule has 0 saturated carbocycles. The Morgan fingerprint density at radius 3 is 2.62 bits per heavy atom. The Hall–Kier alpha value is -0.240. The Kier molecular flexibility index (Phi) is 7.36. The second kappa shape index (κ2) is 9.02. The molecule has 1 N–H and O–H groups in total. The Balaban J connectivity index is 3.03. The van der Waals surface area contributed by atoms with Crippen LogP contribution >= 0.6 is 8.30 Å². The lowest BCUT2D eigenvalue weighted by atomic mass is 10.1. The largest absolute Gasteiger partial charge is 0.390 e. The molecular formula is C15H29N2O3P. The van der Waals surface area contributed by atoms with E-state index in [1.165, 1.54) is 0 Å². The second-order valence-corrected chi connectivity index (χ2v) is 7.76. The summed E-state index contributed by atoms with van der Waals surface area (Å²) >= 11 is 0. The van der Waals surface area contributed by atoms with Crippen molar-refractivity contribution >= 4 is 8.30 Å². The van der Waals surface area contributed by atoms with Crippen molar-refractivity contribution in [3.63, 3.8) is 0 Å². The van der Waals surface area contributed by atoms with Crippen LogP contribution in [0.2, 0.25) is 0 Å². The van der Waals surface area contributed by atoms with Gasteiger partial charge in [-0.15, -0.1) is 0 Å². The van der Waals surface area contributed by atoms with Gasteiger partial charge < -0.3 is 19.2 Å². The molecule has 122 valence electrons. The van der Waals surface area contributed by atoms with E-state index in [-0.39, 0.29) is 23.8 Å². The fourth-order valence-electron chi connectivity index (χ4n) is 2.58. The summed E-state index contributed by atoms with van der Waals surface area (Å²) in [4.78, 5) is 3.34. The van der Waals surface area contributed by atoms with Crippen LogP contribution < -0.4 is 0 Å². The standard InChI is InChI=1S/C15H29N2O3P/c1-11(2)17(12(3)4)21(20-10-8-16-6)14-7-9-19-13(5)15(14)18/h11-15,18H,7-10H2,1-5H3/t13-,14?,15?,21?/m0/s1/i7D/t7?,13-,14?,15?,21?. The predicted octanol–water partition coefficient (Wildman–Crippen LogP) is 2.89. The van der Waals surface area contributed by atoms with Gasteiger partial charge in [0.2, 0.25) is 6.54 Å². The minimum atomic E-state index is -1.17. The van der Waals surface area contributed by atoms with Crippen molar-refractivity contribution < 1.29 is 15.7 Å². The van der Waals surface area contributed by atoms with Gasteiger partial charge in [-0.25, -0.2) is 6.57 Å². The summed E-state index contributed by atoms with van der Waals surface area (Å²) in [5.41, 5.74) is -0.283. The Morgan fingerprint density at radius 1 is 1.48 bits per heavy atom. The summed E-state index contributed by atoms with van der Waals surface area (Å²) in [6, 6.07) is 0.494. The van der Waals surface area contributed by atoms with Crippen LogP contribution in [-0.2, 0) is 9.26 Å². The molecule has 0 aromatic rings. The van der Waals surface area contributed by atoms with Gasteiger partial charge in [-0.3, -0.25) is 4.67 Å². The van der Waals surface area contributed by atoms with Crippen molar-refractivity contribution in [2.24, 2.45) is 0 Å². The molecule has 0 aromatic carbocycles. The quantitative estimate of drug-likeness (QED) is 0.445. The first-order valence-corrected chi connectivity index (χ1v) is 8.84. The van der Waals surface area contributed by atoms with E-state index >= 15 is 0 Å². The van der Waals surface area contributed by atoms with Crippen LogP contribution in [0.25, 0.3) is 4.85 Å². The molecular weight excluding hydrogens is 287 g/mol. The van der Waals surface area contributed by atoms with E-state index in [1.807, 2.05) is 6.92 Å². The third kappa shape index (κ3) is 5.16. The van der Waals surface area contributed by atoms with Crippen LogP contribution in [0.15, 0.2) is 0 Å². The summed E-state index contributed by atoms with van der Waals surface area (Å²) in [5, 5.41) is 10.6. The van der Waals surface area contributed by atoms with Gasteiger partial charge in [-0.2, -0.15) is 0 Å². The number of hydrogen-bond donors (Lipinski definition) is 1. The molecule has 1 heterocycles. The van der Waals surface area contributed by atoms with Crippen molar-refractivity contribution in [1.82, 2.24) is 4.67 Å². The Labute approximate surface area is 131 Å². The number of nitrogens with zero attached hydrogens (tertiary/aromatic N) is 2. The maximum atomic E-state index is 10.6. The van der Waals surface area contributed by atoms with E-state index in [2.05, 4.69) is 37.2 Å². The zero-order chi connectivity index (χ0) is 16.9. The van der Waals surface area contributed by atoms with E-state index in [0.717, 1.165) is 0 Å². The van der Waals surface area contributed by atoms with Gasteiger partial charge in [-0.05, 0) is 41.0 Å². The molecule has 0 radical (unpaired) electrons. The highest BCUT2D eigenvalue weighted by atomic mass is 31.2. The van der Waals surface area contributed by atoms with Crippen molar-refractivity contribution in [2.75, 3.05) is 19.8 Å². The van der Waals surface area contributed by atoms with Gasteiger partial charge in [0.1, 0.15) is 14.9 Å². The van der Waals surface area contributed by atoms with Crippen LogP contribution in [0.1, 0.15) is 42.4 Å². The average molecular weight is 317 g/mol. The first-order valence-electron chi connectivity index (χ1n) is 8.14. The third-order valence-corrected chi connectivity index (χ3v) is 6.35. The number of hydrogen-bond acceptors (Lipinski definition) is 4. The summed E-state index contributed by atoms with van der Waals surface area (Å²) in [6.07, 6.45) is -1.51.